The largest absolute Gasteiger partial charge is 0.491 e. The van der Waals surface area contributed by atoms with Gasteiger partial charge in [-0.25, -0.2) is 8.60 Å². The number of allylic oxidation sites excluding steroid dienone is 1. The van der Waals surface area contributed by atoms with Gasteiger partial charge in [-0.3, -0.25) is 9.52 Å². The first-order valence-electron chi connectivity index (χ1n) is 15.7. The molecule has 0 aliphatic carbocycles. The van der Waals surface area contributed by atoms with Crippen molar-refractivity contribution in [2.24, 2.45) is 5.92 Å². The molecule has 0 saturated carbocycles. The lowest BCUT2D eigenvalue weighted by Gasteiger charge is -2.32. The highest BCUT2D eigenvalue weighted by Crippen LogP contribution is 2.38. The van der Waals surface area contributed by atoms with Crippen molar-refractivity contribution in [3.63, 3.8) is 0 Å². The molecule has 0 saturated heterocycles. The summed E-state index contributed by atoms with van der Waals surface area (Å²) in [6.07, 6.45) is 6.76. The van der Waals surface area contributed by atoms with Crippen LogP contribution in [0, 0.1) is 11.7 Å². The Morgan fingerprint density at radius 3 is 2.75 bits per heavy atom. The van der Waals surface area contributed by atoms with Crippen LogP contribution in [0.1, 0.15) is 87.2 Å². The van der Waals surface area contributed by atoms with E-state index in [1.165, 1.54) is 5.57 Å². The Morgan fingerprint density at radius 2 is 2.02 bits per heavy atom. The van der Waals surface area contributed by atoms with E-state index in [0.717, 1.165) is 42.3 Å². The standard InChI is InChI=1S/C34H45BrClFN2O4S/c1-5-8-28-27(12-13-29(36)32(28)37)26-20-39-17-15-24(6-2)33(42-18-16-35)22(3)9-7-10-23(4)44(41)38-34(40)25-11-14-31(43-21-26)30(39)19-25/h9,11-14,19,23-24,26,33H,5-8,10,15-18,20-21H2,1-4H3,(H,38,40)/b22-9+. The van der Waals surface area contributed by atoms with Crippen LogP contribution in [0.2, 0.25) is 5.02 Å². The van der Waals surface area contributed by atoms with Gasteiger partial charge < -0.3 is 14.4 Å². The zero-order chi connectivity index (χ0) is 31.8. The van der Waals surface area contributed by atoms with Gasteiger partial charge in [0.2, 0.25) is 0 Å². The second kappa shape index (κ2) is 16.6. The molecule has 1 N–H and O–H groups in total. The number of benzene rings is 2. The van der Waals surface area contributed by atoms with Gasteiger partial charge in [0, 0.05) is 29.9 Å². The molecule has 2 aliphatic rings. The highest BCUT2D eigenvalue weighted by Gasteiger charge is 2.30. The summed E-state index contributed by atoms with van der Waals surface area (Å²) in [5, 5.41) is 0.673. The first kappa shape index (κ1) is 34.9. The van der Waals surface area contributed by atoms with E-state index in [0.29, 0.717) is 56.0 Å². The van der Waals surface area contributed by atoms with E-state index >= 15 is 4.39 Å². The summed E-state index contributed by atoms with van der Waals surface area (Å²) < 4.78 is 43.8. The lowest BCUT2D eigenvalue weighted by Crippen LogP contribution is -2.35. The summed E-state index contributed by atoms with van der Waals surface area (Å²) in [5.41, 5.74) is 3.94. The van der Waals surface area contributed by atoms with Gasteiger partial charge in [-0.15, -0.1) is 0 Å². The molecule has 44 heavy (non-hydrogen) atoms. The van der Waals surface area contributed by atoms with Crippen LogP contribution in [-0.2, 0) is 22.1 Å². The Balaban J connectivity index is 1.77. The molecule has 242 valence electrons. The number of nitrogens with one attached hydrogen (secondary N) is 1. The molecule has 2 heterocycles. The second-order valence-electron chi connectivity index (χ2n) is 11.8. The number of nitrogens with zero attached hydrogens (tertiary/aromatic N) is 1. The van der Waals surface area contributed by atoms with Crippen molar-refractivity contribution >= 4 is 50.1 Å². The SMILES string of the molecule is CCCc1c(C2COc3ccc4cc3N(CCC(CC)C(OCCBr)/C(C)=C/CCC(C)S(=O)NC4=O)C2)ccc(Cl)c1F. The van der Waals surface area contributed by atoms with Gasteiger partial charge in [-0.1, -0.05) is 66.4 Å². The molecular formula is C34H45BrClFN2O4S. The van der Waals surface area contributed by atoms with Gasteiger partial charge in [0.05, 0.1) is 35.3 Å². The molecule has 5 unspecified atom stereocenters. The Labute approximate surface area is 277 Å². The fraction of sp³-hybridized carbons (Fsp3) is 0.559. The van der Waals surface area contributed by atoms with Gasteiger partial charge in [-0.2, -0.15) is 0 Å². The summed E-state index contributed by atoms with van der Waals surface area (Å²) in [7, 11) is -1.53. The predicted molar refractivity (Wildman–Crippen MR) is 182 cm³/mol. The molecule has 1 amide bonds. The van der Waals surface area contributed by atoms with Gasteiger partial charge in [0.15, 0.2) is 0 Å². The summed E-state index contributed by atoms with van der Waals surface area (Å²) in [6.45, 7) is 10.5. The third kappa shape index (κ3) is 8.45. The average molecular weight is 712 g/mol. The molecule has 6 nitrogen and oxygen atoms in total. The fourth-order valence-corrected chi connectivity index (χ4v) is 7.47. The second-order valence-corrected chi connectivity index (χ2v) is 14.6. The van der Waals surface area contributed by atoms with Crippen molar-refractivity contribution in [2.75, 3.05) is 36.5 Å². The van der Waals surface area contributed by atoms with Crippen LogP contribution in [-0.4, -0.2) is 53.1 Å². The summed E-state index contributed by atoms with van der Waals surface area (Å²) >= 11 is 9.73. The number of fused-ring (bicyclic) bond motifs is 1. The summed E-state index contributed by atoms with van der Waals surface area (Å²) in [6, 6.07) is 8.93. The smallest absolute Gasteiger partial charge is 0.263 e. The Kier molecular flexibility index (Phi) is 13.2. The van der Waals surface area contributed by atoms with Crippen molar-refractivity contribution in [1.82, 2.24) is 4.72 Å². The molecule has 5 atom stereocenters. The first-order valence-corrected chi connectivity index (χ1v) is 18.4. The highest BCUT2D eigenvalue weighted by atomic mass is 79.9. The van der Waals surface area contributed by atoms with Gasteiger partial charge >= 0.3 is 0 Å². The molecule has 2 aliphatic heterocycles. The van der Waals surface area contributed by atoms with Crippen LogP contribution >= 0.6 is 27.5 Å². The molecule has 0 radical (unpaired) electrons. The molecular weight excluding hydrogens is 667 g/mol. The van der Waals surface area contributed by atoms with Gasteiger partial charge in [-0.05, 0) is 86.4 Å². The normalized spacial score (nSPS) is 26.2. The van der Waals surface area contributed by atoms with E-state index in [1.54, 1.807) is 12.1 Å². The van der Waals surface area contributed by atoms with Gasteiger partial charge in [0.25, 0.3) is 5.91 Å². The minimum Gasteiger partial charge on any atom is -0.491 e. The highest BCUT2D eigenvalue weighted by molar-refractivity contribution is 9.09. The maximum Gasteiger partial charge on any atom is 0.263 e. The fourth-order valence-electron chi connectivity index (χ4n) is 6.25. The predicted octanol–water partition coefficient (Wildman–Crippen LogP) is 8.13. The van der Waals surface area contributed by atoms with E-state index in [2.05, 4.69) is 45.5 Å². The zero-order valence-corrected chi connectivity index (χ0v) is 29.3. The van der Waals surface area contributed by atoms with Crippen molar-refractivity contribution in [3.05, 3.63) is 69.5 Å². The number of ether oxygens (including phenoxy) is 2. The Hall–Kier alpha value is -1.94. The molecule has 2 aromatic rings. The van der Waals surface area contributed by atoms with Crippen LogP contribution in [0.25, 0.3) is 0 Å². The van der Waals surface area contributed by atoms with Crippen LogP contribution < -0.4 is 14.4 Å². The minimum atomic E-state index is -1.53. The molecule has 0 spiro atoms. The quantitative estimate of drug-likeness (QED) is 0.232. The number of carbonyl (C=O) groups excluding carboxylic acids is 1. The van der Waals surface area contributed by atoms with Crippen molar-refractivity contribution in [2.45, 2.75) is 83.5 Å². The Morgan fingerprint density at radius 1 is 1.23 bits per heavy atom. The molecule has 2 aromatic carbocycles. The number of hydrogen-bond acceptors (Lipinski definition) is 5. The third-order valence-corrected chi connectivity index (χ3v) is 10.7. The van der Waals surface area contributed by atoms with E-state index in [9.17, 15) is 9.00 Å². The third-order valence-electron chi connectivity index (χ3n) is 8.76. The number of rotatable bonds is 7. The van der Waals surface area contributed by atoms with Crippen LogP contribution in [0.4, 0.5) is 10.1 Å². The number of halogens is 3. The first-order chi connectivity index (χ1) is 21.2. The Bertz CT molecular complexity index is 1360. The minimum absolute atomic E-state index is 0.0442. The monoisotopic (exact) mass is 710 g/mol. The number of anilines is 1. The van der Waals surface area contributed by atoms with Crippen molar-refractivity contribution < 1.29 is 22.9 Å². The lowest BCUT2D eigenvalue weighted by molar-refractivity contribution is 0.0433. The number of amides is 1. The van der Waals surface area contributed by atoms with Gasteiger partial charge in [0.1, 0.15) is 22.6 Å². The maximum atomic E-state index is 15.3. The molecule has 10 heteroatoms. The maximum absolute atomic E-state index is 15.3. The van der Waals surface area contributed by atoms with E-state index in [4.69, 9.17) is 21.1 Å². The summed E-state index contributed by atoms with van der Waals surface area (Å²) in [5.74, 6) is 0.0710. The topological polar surface area (TPSA) is 67.9 Å². The number of hydrogen-bond donors (Lipinski definition) is 1. The zero-order valence-electron chi connectivity index (χ0n) is 26.2. The van der Waals surface area contributed by atoms with E-state index in [-0.39, 0.29) is 39.9 Å². The molecule has 0 aromatic heterocycles. The molecule has 0 fully saturated rings. The summed E-state index contributed by atoms with van der Waals surface area (Å²) in [4.78, 5) is 15.5. The lowest BCUT2D eigenvalue weighted by atomic mass is 9.89. The van der Waals surface area contributed by atoms with Crippen LogP contribution in [0.5, 0.6) is 5.75 Å². The van der Waals surface area contributed by atoms with Crippen LogP contribution in [0.3, 0.4) is 0 Å². The van der Waals surface area contributed by atoms with E-state index in [1.807, 2.05) is 32.0 Å². The van der Waals surface area contributed by atoms with Crippen molar-refractivity contribution in [3.8, 4) is 5.75 Å². The van der Waals surface area contributed by atoms with E-state index < -0.39 is 11.0 Å². The number of carbonyl (C=O) groups is 1. The molecule has 4 rings (SSSR count). The number of alkyl halides is 1. The molecule has 2 bridgehead atoms. The van der Waals surface area contributed by atoms with Crippen LogP contribution in [0.15, 0.2) is 42.0 Å². The average Bonchev–Trinajstić information content (AvgIpc) is 3.19. The van der Waals surface area contributed by atoms with Crippen molar-refractivity contribution in [1.29, 1.82) is 0 Å².